The van der Waals surface area contributed by atoms with E-state index in [-0.39, 0.29) is 30.3 Å². The fourth-order valence-corrected chi connectivity index (χ4v) is 2.55. The molecule has 1 amide bonds. The van der Waals surface area contributed by atoms with E-state index >= 15 is 0 Å². The van der Waals surface area contributed by atoms with Gasteiger partial charge in [0, 0.05) is 6.54 Å². The predicted octanol–water partition coefficient (Wildman–Crippen LogP) is 1.48. The lowest BCUT2D eigenvalue weighted by Gasteiger charge is -2.17. The Morgan fingerprint density at radius 1 is 1.41 bits per heavy atom. The second-order valence-corrected chi connectivity index (χ2v) is 5.35. The molecule has 2 heterocycles. The topological polar surface area (TPSA) is 71.8 Å². The Bertz CT molecular complexity index is 593. The van der Waals surface area contributed by atoms with Crippen molar-refractivity contribution >= 4 is 18.3 Å². The quantitative estimate of drug-likeness (QED) is 0.894. The third-order valence-corrected chi connectivity index (χ3v) is 3.87. The Kier molecular flexibility index (Phi) is 5.51. The summed E-state index contributed by atoms with van der Waals surface area (Å²) in [6.07, 6.45) is 4.09. The van der Waals surface area contributed by atoms with E-state index in [9.17, 15) is 4.79 Å². The van der Waals surface area contributed by atoms with Gasteiger partial charge < -0.3 is 10.6 Å². The van der Waals surface area contributed by atoms with E-state index in [0.29, 0.717) is 0 Å². The molecule has 1 aromatic heterocycles. The van der Waals surface area contributed by atoms with Crippen LogP contribution < -0.4 is 10.6 Å². The van der Waals surface area contributed by atoms with Gasteiger partial charge in [0.25, 0.3) is 0 Å². The Balaban J connectivity index is 0.00000176. The molecule has 1 aliphatic heterocycles. The number of hydrogen-bond donors (Lipinski definition) is 2. The van der Waals surface area contributed by atoms with Crippen molar-refractivity contribution in [2.75, 3.05) is 13.1 Å². The van der Waals surface area contributed by atoms with Crippen LogP contribution in [0.3, 0.4) is 0 Å². The molecule has 7 heteroatoms. The van der Waals surface area contributed by atoms with E-state index in [0.717, 1.165) is 30.8 Å². The Labute approximate surface area is 135 Å². The summed E-state index contributed by atoms with van der Waals surface area (Å²) in [4.78, 5) is 16.0. The second-order valence-electron chi connectivity index (χ2n) is 5.35. The minimum absolute atomic E-state index is 0. The summed E-state index contributed by atoms with van der Waals surface area (Å²) in [5.74, 6) is 0.231. The molecule has 2 atom stereocenters. The summed E-state index contributed by atoms with van der Waals surface area (Å²) in [5, 5.41) is 10.4. The number of halogens is 1. The van der Waals surface area contributed by atoms with Crippen LogP contribution >= 0.6 is 12.4 Å². The maximum atomic E-state index is 12.1. The SMILES string of the molecule is CC(NC(=O)C1CCNC1)c1ccc(-n2cncn2)cc1.Cl. The van der Waals surface area contributed by atoms with Gasteiger partial charge in [0.05, 0.1) is 17.6 Å². The molecule has 22 heavy (non-hydrogen) atoms. The smallest absolute Gasteiger partial charge is 0.224 e. The molecule has 2 N–H and O–H groups in total. The highest BCUT2D eigenvalue weighted by molar-refractivity contribution is 5.85. The summed E-state index contributed by atoms with van der Waals surface area (Å²) >= 11 is 0. The fourth-order valence-electron chi connectivity index (χ4n) is 2.55. The first-order valence-electron chi connectivity index (χ1n) is 7.20. The molecular formula is C15H20ClN5O. The van der Waals surface area contributed by atoms with Crippen LogP contribution in [0.4, 0.5) is 0 Å². The predicted molar refractivity (Wildman–Crippen MR) is 86.1 cm³/mol. The number of benzene rings is 1. The van der Waals surface area contributed by atoms with E-state index < -0.39 is 0 Å². The summed E-state index contributed by atoms with van der Waals surface area (Å²) in [5.41, 5.74) is 2.04. The molecule has 0 bridgehead atoms. The summed E-state index contributed by atoms with van der Waals surface area (Å²) in [6.45, 7) is 3.72. The van der Waals surface area contributed by atoms with Crippen LogP contribution in [0.5, 0.6) is 0 Å². The number of nitrogens with zero attached hydrogens (tertiary/aromatic N) is 3. The van der Waals surface area contributed by atoms with Gasteiger partial charge in [0.1, 0.15) is 12.7 Å². The van der Waals surface area contributed by atoms with Crippen LogP contribution in [0.2, 0.25) is 0 Å². The van der Waals surface area contributed by atoms with Crippen molar-refractivity contribution in [3.05, 3.63) is 42.5 Å². The standard InChI is InChI=1S/C15H19N5O.ClH/c1-11(19-15(21)13-6-7-16-8-13)12-2-4-14(5-3-12)20-10-17-9-18-20;/h2-5,9-11,13,16H,6-8H2,1H3,(H,19,21);1H. The van der Waals surface area contributed by atoms with Crippen LogP contribution in [0.25, 0.3) is 5.69 Å². The van der Waals surface area contributed by atoms with Crippen LogP contribution in [-0.2, 0) is 4.79 Å². The van der Waals surface area contributed by atoms with E-state index in [1.807, 2.05) is 31.2 Å². The van der Waals surface area contributed by atoms with Crippen LogP contribution in [-0.4, -0.2) is 33.8 Å². The highest BCUT2D eigenvalue weighted by atomic mass is 35.5. The van der Waals surface area contributed by atoms with E-state index in [1.165, 1.54) is 6.33 Å². The van der Waals surface area contributed by atoms with Crippen LogP contribution in [0.15, 0.2) is 36.9 Å². The number of carbonyl (C=O) groups is 1. The molecule has 2 aromatic rings. The minimum atomic E-state index is 0. The zero-order chi connectivity index (χ0) is 14.7. The second kappa shape index (κ2) is 7.38. The highest BCUT2D eigenvalue weighted by Gasteiger charge is 2.23. The summed E-state index contributed by atoms with van der Waals surface area (Å²) < 4.78 is 1.71. The lowest BCUT2D eigenvalue weighted by molar-refractivity contribution is -0.125. The van der Waals surface area contributed by atoms with Crippen molar-refractivity contribution < 1.29 is 4.79 Å². The average molecular weight is 322 g/mol. The molecule has 0 radical (unpaired) electrons. The molecule has 0 aliphatic carbocycles. The van der Waals surface area contributed by atoms with E-state index in [2.05, 4.69) is 20.7 Å². The normalized spacial score (nSPS) is 18.5. The van der Waals surface area contributed by atoms with Crippen molar-refractivity contribution in [3.63, 3.8) is 0 Å². The zero-order valence-corrected chi connectivity index (χ0v) is 13.2. The molecule has 1 saturated heterocycles. The molecule has 3 rings (SSSR count). The fraction of sp³-hybridized carbons (Fsp3) is 0.400. The van der Waals surface area contributed by atoms with Crippen molar-refractivity contribution in [1.29, 1.82) is 0 Å². The van der Waals surface area contributed by atoms with Crippen LogP contribution in [0, 0.1) is 5.92 Å². The van der Waals surface area contributed by atoms with Gasteiger partial charge in [0.2, 0.25) is 5.91 Å². The van der Waals surface area contributed by atoms with Gasteiger partial charge in [-0.2, -0.15) is 5.10 Å². The molecule has 6 nitrogen and oxygen atoms in total. The maximum absolute atomic E-state index is 12.1. The minimum Gasteiger partial charge on any atom is -0.349 e. The van der Waals surface area contributed by atoms with Crippen molar-refractivity contribution in [2.45, 2.75) is 19.4 Å². The molecule has 1 aromatic carbocycles. The highest BCUT2D eigenvalue weighted by Crippen LogP contribution is 2.17. The molecule has 2 unspecified atom stereocenters. The molecule has 118 valence electrons. The van der Waals surface area contributed by atoms with Crippen molar-refractivity contribution in [1.82, 2.24) is 25.4 Å². The average Bonchev–Trinajstić information content (AvgIpc) is 3.20. The number of amides is 1. The van der Waals surface area contributed by atoms with Gasteiger partial charge in [-0.1, -0.05) is 12.1 Å². The van der Waals surface area contributed by atoms with Gasteiger partial charge in [0.15, 0.2) is 0 Å². The number of hydrogen-bond acceptors (Lipinski definition) is 4. The zero-order valence-electron chi connectivity index (χ0n) is 12.4. The largest absolute Gasteiger partial charge is 0.349 e. The number of rotatable bonds is 4. The first-order valence-corrected chi connectivity index (χ1v) is 7.20. The molecule has 0 saturated carbocycles. The first kappa shape index (κ1) is 16.5. The maximum Gasteiger partial charge on any atom is 0.224 e. The van der Waals surface area contributed by atoms with Gasteiger partial charge in [-0.3, -0.25) is 4.79 Å². The summed E-state index contributed by atoms with van der Waals surface area (Å²) in [7, 11) is 0. The summed E-state index contributed by atoms with van der Waals surface area (Å²) in [6, 6.07) is 7.97. The van der Waals surface area contributed by atoms with E-state index in [1.54, 1.807) is 11.0 Å². The first-order chi connectivity index (χ1) is 10.2. The third-order valence-electron chi connectivity index (χ3n) is 3.87. The van der Waals surface area contributed by atoms with Crippen molar-refractivity contribution in [2.24, 2.45) is 5.92 Å². The molecule has 1 aliphatic rings. The Morgan fingerprint density at radius 3 is 2.77 bits per heavy atom. The Morgan fingerprint density at radius 2 is 2.18 bits per heavy atom. The van der Waals surface area contributed by atoms with Crippen LogP contribution in [0.1, 0.15) is 24.9 Å². The lowest BCUT2D eigenvalue weighted by Crippen LogP contribution is -2.33. The van der Waals surface area contributed by atoms with Gasteiger partial charge in [-0.05, 0) is 37.6 Å². The van der Waals surface area contributed by atoms with Gasteiger partial charge >= 0.3 is 0 Å². The van der Waals surface area contributed by atoms with Gasteiger partial charge in [-0.25, -0.2) is 9.67 Å². The monoisotopic (exact) mass is 321 g/mol. The Hall–Kier alpha value is -1.92. The lowest BCUT2D eigenvalue weighted by atomic mass is 10.0. The molecule has 1 fully saturated rings. The van der Waals surface area contributed by atoms with Gasteiger partial charge in [-0.15, -0.1) is 12.4 Å². The third kappa shape index (κ3) is 3.64. The van der Waals surface area contributed by atoms with E-state index in [4.69, 9.17) is 0 Å². The number of carbonyl (C=O) groups excluding carboxylic acids is 1. The number of nitrogens with one attached hydrogen (secondary N) is 2. The molecular weight excluding hydrogens is 302 g/mol. The number of aromatic nitrogens is 3. The molecule has 0 spiro atoms. The van der Waals surface area contributed by atoms with Crippen molar-refractivity contribution in [3.8, 4) is 5.69 Å².